The Morgan fingerprint density at radius 2 is 1.80 bits per heavy atom. The number of benzene rings is 1. The zero-order valence-corrected chi connectivity index (χ0v) is 16.1. The van der Waals surface area contributed by atoms with Gasteiger partial charge in [0.05, 0.1) is 0 Å². The Balaban J connectivity index is 0.00000113. The van der Waals surface area contributed by atoms with Crippen LogP contribution in [0.15, 0.2) is 42.6 Å². The molecular formula is C19H24Cl2FN3. The molecule has 1 aromatic carbocycles. The van der Waals surface area contributed by atoms with Crippen LogP contribution >= 0.6 is 24.8 Å². The Kier molecular flexibility index (Phi) is 6.30. The standard InChI is InChI=1S/C19H22FN3.2ClH/c1-13-6-3-4-7-15(13)18-16-12-23(11-14(16)10-22(18)2)19-17(20)8-5-9-21-19;;/h3-9,14,16,18H,10-12H2,1-2H3;2*1H/t14-,16+,18-;;/m0../s1. The third-order valence-corrected chi connectivity index (χ3v) is 5.44. The molecule has 3 atom stereocenters. The Bertz CT molecular complexity index is 727. The van der Waals surface area contributed by atoms with Gasteiger partial charge in [0.1, 0.15) is 0 Å². The van der Waals surface area contributed by atoms with Crippen molar-refractivity contribution in [1.29, 1.82) is 0 Å². The van der Waals surface area contributed by atoms with Crippen LogP contribution in [-0.2, 0) is 0 Å². The van der Waals surface area contributed by atoms with Crippen molar-refractivity contribution in [3.63, 3.8) is 0 Å². The van der Waals surface area contributed by atoms with Crippen molar-refractivity contribution in [2.75, 3.05) is 31.6 Å². The summed E-state index contributed by atoms with van der Waals surface area (Å²) in [6, 6.07) is 12.2. The monoisotopic (exact) mass is 383 g/mol. The number of hydrogen-bond acceptors (Lipinski definition) is 3. The number of aromatic nitrogens is 1. The van der Waals surface area contributed by atoms with Gasteiger partial charge in [0.25, 0.3) is 0 Å². The predicted molar refractivity (Wildman–Crippen MR) is 104 cm³/mol. The van der Waals surface area contributed by atoms with Crippen LogP contribution in [0.5, 0.6) is 0 Å². The van der Waals surface area contributed by atoms with Crippen molar-refractivity contribution in [2.45, 2.75) is 13.0 Å². The Labute approximate surface area is 161 Å². The van der Waals surface area contributed by atoms with Crippen LogP contribution in [0, 0.1) is 24.6 Å². The van der Waals surface area contributed by atoms with E-state index >= 15 is 0 Å². The van der Waals surface area contributed by atoms with E-state index in [0.717, 1.165) is 19.6 Å². The quantitative estimate of drug-likeness (QED) is 0.777. The fourth-order valence-corrected chi connectivity index (χ4v) is 4.43. The summed E-state index contributed by atoms with van der Waals surface area (Å²) >= 11 is 0. The molecule has 3 heterocycles. The van der Waals surface area contributed by atoms with Crippen molar-refractivity contribution < 1.29 is 4.39 Å². The van der Waals surface area contributed by atoms with Gasteiger partial charge in [-0.1, -0.05) is 24.3 Å². The minimum Gasteiger partial charge on any atom is -0.353 e. The summed E-state index contributed by atoms with van der Waals surface area (Å²) < 4.78 is 14.1. The number of fused-ring (bicyclic) bond motifs is 1. The number of halogens is 3. The first-order valence-corrected chi connectivity index (χ1v) is 8.26. The molecule has 2 fully saturated rings. The van der Waals surface area contributed by atoms with E-state index in [0.29, 0.717) is 23.7 Å². The van der Waals surface area contributed by atoms with Gasteiger partial charge < -0.3 is 4.90 Å². The normalized spacial score (nSPS) is 25.2. The van der Waals surface area contributed by atoms with Crippen LogP contribution < -0.4 is 4.90 Å². The van der Waals surface area contributed by atoms with E-state index in [2.05, 4.69) is 53.0 Å². The molecule has 2 aliphatic heterocycles. The molecule has 136 valence electrons. The van der Waals surface area contributed by atoms with Crippen LogP contribution in [0.3, 0.4) is 0 Å². The molecule has 0 amide bonds. The average molecular weight is 384 g/mol. The molecule has 0 radical (unpaired) electrons. The lowest BCUT2D eigenvalue weighted by Gasteiger charge is -2.28. The molecule has 6 heteroatoms. The molecule has 0 saturated carbocycles. The summed E-state index contributed by atoms with van der Waals surface area (Å²) in [5.41, 5.74) is 2.75. The number of rotatable bonds is 2. The van der Waals surface area contributed by atoms with Crippen molar-refractivity contribution >= 4 is 30.6 Å². The van der Waals surface area contributed by atoms with Crippen molar-refractivity contribution in [2.24, 2.45) is 11.8 Å². The summed E-state index contributed by atoms with van der Waals surface area (Å²) in [4.78, 5) is 8.85. The Hall–Kier alpha value is -1.36. The number of nitrogens with zero attached hydrogens (tertiary/aromatic N) is 3. The van der Waals surface area contributed by atoms with Crippen LogP contribution in [-0.4, -0.2) is 36.6 Å². The second kappa shape index (κ2) is 7.90. The van der Waals surface area contributed by atoms with Crippen LogP contribution in [0.25, 0.3) is 0 Å². The average Bonchev–Trinajstić information content (AvgIpc) is 3.05. The molecule has 2 aliphatic rings. The number of likely N-dealkylation sites (tertiary alicyclic amines) is 1. The van der Waals surface area contributed by atoms with Crippen molar-refractivity contribution in [3.8, 4) is 0 Å². The predicted octanol–water partition coefficient (Wildman–Crippen LogP) is 4.11. The first-order valence-electron chi connectivity index (χ1n) is 8.26. The number of aryl methyl sites for hydroxylation is 1. The van der Waals surface area contributed by atoms with Gasteiger partial charge in [-0.2, -0.15) is 0 Å². The fourth-order valence-electron chi connectivity index (χ4n) is 4.43. The fraction of sp³-hybridized carbons (Fsp3) is 0.421. The first kappa shape index (κ1) is 20.0. The molecule has 0 unspecified atom stereocenters. The van der Waals surface area contributed by atoms with E-state index in [1.54, 1.807) is 12.3 Å². The number of hydrogen-bond donors (Lipinski definition) is 0. The topological polar surface area (TPSA) is 19.4 Å². The lowest BCUT2D eigenvalue weighted by atomic mass is 9.88. The van der Waals surface area contributed by atoms with Gasteiger partial charge in [-0.25, -0.2) is 9.37 Å². The summed E-state index contributed by atoms with van der Waals surface area (Å²) in [5, 5.41) is 0. The smallest absolute Gasteiger partial charge is 0.165 e. The van der Waals surface area contributed by atoms with E-state index in [1.165, 1.54) is 17.2 Å². The maximum absolute atomic E-state index is 14.1. The number of pyridine rings is 1. The minimum absolute atomic E-state index is 0. The molecule has 4 rings (SSSR count). The van der Waals surface area contributed by atoms with E-state index in [-0.39, 0.29) is 30.6 Å². The van der Waals surface area contributed by atoms with E-state index in [9.17, 15) is 4.39 Å². The minimum atomic E-state index is -0.215. The largest absolute Gasteiger partial charge is 0.353 e. The van der Waals surface area contributed by atoms with Gasteiger partial charge >= 0.3 is 0 Å². The highest BCUT2D eigenvalue weighted by atomic mass is 35.5. The molecule has 0 spiro atoms. The Morgan fingerprint density at radius 1 is 1.04 bits per heavy atom. The molecular weight excluding hydrogens is 360 g/mol. The second-order valence-electron chi connectivity index (χ2n) is 6.88. The zero-order chi connectivity index (χ0) is 16.0. The van der Waals surface area contributed by atoms with Crippen LogP contribution in [0.2, 0.25) is 0 Å². The van der Waals surface area contributed by atoms with Crippen LogP contribution in [0.4, 0.5) is 10.2 Å². The van der Waals surface area contributed by atoms with Gasteiger partial charge in [0.2, 0.25) is 0 Å². The molecule has 0 bridgehead atoms. The maximum Gasteiger partial charge on any atom is 0.165 e. The van der Waals surface area contributed by atoms with E-state index in [1.807, 2.05) is 0 Å². The van der Waals surface area contributed by atoms with Gasteiger partial charge in [-0.15, -0.1) is 24.8 Å². The zero-order valence-electron chi connectivity index (χ0n) is 14.4. The summed E-state index contributed by atoms with van der Waals surface area (Å²) in [6.45, 7) is 5.02. The van der Waals surface area contributed by atoms with Gasteiger partial charge in [0.15, 0.2) is 11.6 Å². The highest BCUT2D eigenvalue weighted by Crippen LogP contribution is 2.45. The molecule has 3 nitrogen and oxygen atoms in total. The van der Waals surface area contributed by atoms with E-state index in [4.69, 9.17) is 0 Å². The number of anilines is 1. The second-order valence-corrected chi connectivity index (χ2v) is 6.88. The molecule has 2 saturated heterocycles. The van der Waals surface area contributed by atoms with Crippen molar-refractivity contribution in [3.05, 3.63) is 59.5 Å². The molecule has 0 N–H and O–H groups in total. The Morgan fingerprint density at radius 3 is 2.52 bits per heavy atom. The molecule has 1 aromatic heterocycles. The SMILES string of the molecule is Cc1ccccc1[C@H]1[C@@H]2CN(c3ncccc3F)C[C@@H]2CN1C.Cl.Cl. The highest BCUT2D eigenvalue weighted by Gasteiger charge is 2.47. The maximum atomic E-state index is 14.1. The third-order valence-electron chi connectivity index (χ3n) is 5.44. The molecule has 25 heavy (non-hydrogen) atoms. The highest BCUT2D eigenvalue weighted by molar-refractivity contribution is 5.85. The summed E-state index contributed by atoms with van der Waals surface area (Å²) in [5.74, 6) is 1.40. The molecule has 0 aliphatic carbocycles. The summed E-state index contributed by atoms with van der Waals surface area (Å²) in [7, 11) is 2.21. The van der Waals surface area contributed by atoms with Gasteiger partial charge in [0, 0.05) is 37.8 Å². The van der Waals surface area contributed by atoms with Crippen molar-refractivity contribution in [1.82, 2.24) is 9.88 Å². The summed E-state index contributed by atoms with van der Waals surface area (Å²) in [6.07, 6.45) is 1.68. The lowest BCUT2D eigenvalue weighted by Crippen LogP contribution is -2.30. The first-order chi connectivity index (χ1) is 11.1. The molecule has 2 aromatic rings. The van der Waals surface area contributed by atoms with Gasteiger partial charge in [-0.3, -0.25) is 4.90 Å². The lowest BCUT2D eigenvalue weighted by molar-refractivity contribution is 0.278. The van der Waals surface area contributed by atoms with Gasteiger partial charge in [-0.05, 0) is 43.1 Å². The van der Waals surface area contributed by atoms with E-state index < -0.39 is 0 Å². The van der Waals surface area contributed by atoms with Crippen LogP contribution in [0.1, 0.15) is 17.2 Å². The third kappa shape index (κ3) is 3.48.